The molecule has 158 valence electrons. The van der Waals surface area contributed by atoms with Crippen molar-refractivity contribution in [2.24, 2.45) is 0 Å². The van der Waals surface area contributed by atoms with E-state index >= 15 is 0 Å². The molecule has 8 nitrogen and oxygen atoms in total. The summed E-state index contributed by atoms with van der Waals surface area (Å²) < 4.78 is 11.0. The van der Waals surface area contributed by atoms with E-state index in [1.165, 1.54) is 5.56 Å². The molecule has 1 atom stereocenters. The van der Waals surface area contributed by atoms with Gasteiger partial charge in [-0.05, 0) is 17.5 Å². The Morgan fingerprint density at radius 2 is 1.90 bits per heavy atom. The monoisotopic (exact) mass is 418 g/mol. The van der Waals surface area contributed by atoms with Gasteiger partial charge < -0.3 is 14.6 Å². The molecule has 0 aliphatic carbocycles. The van der Waals surface area contributed by atoms with Crippen molar-refractivity contribution in [3.63, 3.8) is 0 Å². The highest BCUT2D eigenvalue weighted by atomic mass is 16.5. The van der Waals surface area contributed by atoms with Crippen molar-refractivity contribution in [3.05, 3.63) is 65.5 Å². The lowest BCUT2D eigenvalue weighted by molar-refractivity contribution is -0.133. The maximum absolute atomic E-state index is 13.3. The standard InChI is InChI=1S/C23H22N4O4/c1-14(2)15-7-9-16(10-8-15)20-24-19(31-26-20)13-27-21(28)23(25-22(27)29)11-12-30-18-6-4-3-5-17(18)23/h3-10,14H,11-13H2,1-2H3,(H,25,29)/t23-/m1/s1. The minimum atomic E-state index is -1.12. The Kier molecular flexibility index (Phi) is 4.50. The maximum atomic E-state index is 13.3. The predicted octanol–water partition coefficient (Wildman–Crippen LogP) is 3.59. The van der Waals surface area contributed by atoms with Crippen LogP contribution in [0.15, 0.2) is 53.1 Å². The Labute approximate surface area is 179 Å². The maximum Gasteiger partial charge on any atom is 0.325 e. The smallest absolute Gasteiger partial charge is 0.325 e. The molecule has 5 rings (SSSR count). The zero-order valence-corrected chi connectivity index (χ0v) is 17.3. The number of nitrogens with zero attached hydrogens (tertiary/aromatic N) is 3. The Hall–Kier alpha value is -3.68. The first-order valence-electron chi connectivity index (χ1n) is 10.3. The van der Waals surface area contributed by atoms with E-state index in [9.17, 15) is 9.59 Å². The SMILES string of the molecule is CC(C)c1ccc(-c2noc(CN3C(=O)N[C@@]4(CCOc5ccccc54)C3=O)n2)cc1. The molecular weight excluding hydrogens is 396 g/mol. The average molecular weight is 418 g/mol. The van der Waals surface area contributed by atoms with Gasteiger partial charge in [0.2, 0.25) is 11.7 Å². The molecule has 1 saturated heterocycles. The molecule has 1 fully saturated rings. The number of benzene rings is 2. The number of amides is 3. The van der Waals surface area contributed by atoms with Gasteiger partial charge in [0.25, 0.3) is 5.91 Å². The van der Waals surface area contributed by atoms with Crippen molar-refractivity contribution in [3.8, 4) is 17.1 Å². The van der Waals surface area contributed by atoms with Gasteiger partial charge in [-0.1, -0.05) is 61.5 Å². The molecule has 3 amide bonds. The second-order valence-electron chi connectivity index (χ2n) is 8.11. The van der Waals surface area contributed by atoms with Gasteiger partial charge in [-0.2, -0.15) is 4.98 Å². The number of hydrogen-bond donors (Lipinski definition) is 1. The second-order valence-corrected chi connectivity index (χ2v) is 8.11. The van der Waals surface area contributed by atoms with Crippen LogP contribution in [0.1, 0.15) is 43.2 Å². The summed E-state index contributed by atoms with van der Waals surface area (Å²) in [5.74, 6) is 1.31. The van der Waals surface area contributed by atoms with Gasteiger partial charge >= 0.3 is 6.03 Å². The van der Waals surface area contributed by atoms with Crippen LogP contribution < -0.4 is 10.1 Å². The molecule has 0 radical (unpaired) electrons. The van der Waals surface area contributed by atoms with E-state index in [-0.39, 0.29) is 18.3 Å². The third-order valence-electron chi connectivity index (χ3n) is 5.85. The minimum Gasteiger partial charge on any atom is -0.493 e. The predicted molar refractivity (Wildman–Crippen MR) is 111 cm³/mol. The fourth-order valence-corrected chi connectivity index (χ4v) is 4.10. The molecule has 0 saturated carbocycles. The Morgan fingerprint density at radius 3 is 2.68 bits per heavy atom. The molecule has 0 unspecified atom stereocenters. The van der Waals surface area contributed by atoms with Gasteiger partial charge in [0, 0.05) is 17.5 Å². The lowest BCUT2D eigenvalue weighted by atomic mass is 9.84. The molecule has 3 heterocycles. The van der Waals surface area contributed by atoms with E-state index in [0.29, 0.717) is 36.1 Å². The Morgan fingerprint density at radius 1 is 1.13 bits per heavy atom. The first-order valence-corrected chi connectivity index (χ1v) is 10.3. The van der Waals surface area contributed by atoms with E-state index in [2.05, 4.69) is 29.3 Å². The number of imide groups is 1. The summed E-state index contributed by atoms with van der Waals surface area (Å²) in [6, 6.07) is 14.7. The van der Waals surface area contributed by atoms with Crippen molar-refractivity contribution in [2.45, 2.75) is 38.3 Å². The summed E-state index contributed by atoms with van der Waals surface area (Å²) in [5, 5.41) is 6.89. The van der Waals surface area contributed by atoms with Crippen LogP contribution in [-0.4, -0.2) is 33.6 Å². The van der Waals surface area contributed by atoms with E-state index in [1.54, 1.807) is 6.07 Å². The van der Waals surface area contributed by atoms with Crippen molar-refractivity contribution in [1.82, 2.24) is 20.4 Å². The number of carbonyl (C=O) groups excluding carboxylic acids is 2. The van der Waals surface area contributed by atoms with Crippen molar-refractivity contribution >= 4 is 11.9 Å². The highest BCUT2D eigenvalue weighted by molar-refractivity contribution is 6.07. The Bertz CT molecular complexity index is 1150. The van der Waals surface area contributed by atoms with Gasteiger partial charge in [0.15, 0.2) is 5.54 Å². The molecule has 8 heteroatoms. The summed E-state index contributed by atoms with van der Waals surface area (Å²) in [6.45, 7) is 4.51. The van der Waals surface area contributed by atoms with Crippen LogP contribution in [0.3, 0.4) is 0 Å². The summed E-state index contributed by atoms with van der Waals surface area (Å²) in [4.78, 5) is 31.6. The minimum absolute atomic E-state index is 0.0908. The number of ether oxygens (including phenoxy) is 1. The zero-order valence-electron chi connectivity index (χ0n) is 17.3. The highest BCUT2D eigenvalue weighted by Gasteiger charge is 2.55. The number of para-hydroxylation sites is 1. The molecule has 1 N–H and O–H groups in total. The van der Waals surface area contributed by atoms with Crippen LogP contribution in [0.5, 0.6) is 5.75 Å². The number of nitrogens with one attached hydrogen (secondary N) is 1. The van der Waals surface area contributed by atoms with Crippen molar-refractivity contribution in [1.29, 1.82) is 0 Å². The summed E-state index contributed by atoms with van der Waals surface area (Å²) in [6.07, 6.45) is 0.363. The van der Waals surface area contributed by atoms with E-state index in [0.717, 1.165) is 10.5 Å². The molecule has 1 aromatic heterocycles. The fourth-order valence-electron chi connectivity index (χ4n) is 4.10. The van der Waals surface area contributed by atoms with E-state index in [4.69, 9.17) is 9.26 Å². The summed E-state index contributed by atoms with van der Waals surface area (Å²) in [5.41, 5.74) is 1.57. The number of rotatable bonds is 4. The Balaban J connectivity index is 1.38. The summed E-state index contributed by atoms with van der Waals surface area (Å²) >= 11 is 0. The summed E-state index contributed by atoms with van der Waals surface area (Å²) in [7, 11) is 0. The topological polar surface area (TPSA) is 97.6 Å². The van der Waals surface area contributed by atoms with Crippen LogP contribution in [0, 0.1) is 0 Å². The first-order chi connectivity index (χ1) is 15.0. The van der Waals surface area contributed by atoms with Gasteiger partial charge in [-0.15, -0.1) is 0 Å². The highest BCUT2D eigenvalue weighted by Crippen LogP contribution is 2.41. The van der Waals surface area contributed by atoms with E-state index < -0.39 is 11.6 Å². The number of urea groups is 1. The molecule has 31 heavy (non-hydrogen) atoms. The molecule has 3 aromatic rings. The number of fused-ring (bicyclic) bond motifs is 2. The number of aromatic nitrogens is 2. The van der Waals surface area contributed by atoms with Crippen molar-refractivity contribution in [2.75, 3.05) is 6.61 Å². The molecule has 2 aromatic carbocycles. The third kappa shape index (κ3) is 3.15. The van der Waals surface area contributed by atoms with Crippen LogP contribution in [0.2, 0.25) is 0 Å². The van der Waals surface area contributed by atoms with Crippen LogP contribution >= 0.6 is 0 Å². The van der Waals surface area contributed by atoms with Gasteiger partial charge in [0.1, 0.15) is 12.3 Å². The zero-order chi connectivity index (χ0) is 21.6. The second kappa shape index (κ2) is 7.23. The normalized spacial score (nSPS) is 20.2. The molecule has 2 aliphatic rings. The van der Waals surface area contributed by atoms with Crippen LogP contribution in [-0.2, 0) is 16.9 Å². The van der Waals surface area contributed by atoms with Gasteiger partial charge in [-0.25, -0.2) is 4.79 Å². The van der Waals surface area contributed by atoms with Gasteiger partial charge in [0.05, 0.1) is 6.61 Å². The van der Waals surface area contributed by atoms with E-state index in [1.807, 2.05) is 42.5 Å². The lowest BCUT2D eigenvalue weighted by Crippen LogP contribution is -2.47. The largest absolute Gasteiger partial charge is 0.493 e. The quantitative estimate of drug-likeness (QED) is 0.651. The van der Waals surface area contributed by atoms with Gasteiger partial charge in [-0.3, -0.25) is 9.69 Å². The van der Waals surface area contributed by atoms with Crippen LogP contribution in [0.25, 0.3) is 11.4 Å². The first kappa shape index (κ1) is 19.3. The van der Waals surface area contributed by atoms with Crippen LogP contribution in [0.4, 0.5) is 4.79 Å². The third-order valence-corrected chi connectivity index (χ3v) is 5.85. The fraction of sp³-hybridized carbons (Fsp3) is 0.304. The molecule has 0 bridgehead atoms. The number of hydrogen-bond acceptors (Lipinski definition) is 6. The average Bonchev–Trinajstić information content (AvgIpc) is 3.34. The lowest BCUT2D eigenvalue weighted by Gasteiger charge is -2.33. The molecule has 2 aliphatic heterocycles. The van der Waals surface area contributed by atoms with Crippen molar-refractivity contribution < 1.29 is 18.8 Å². The molecule has 1 spiro atoms. The number of carbonyl (C=O) groups is 2. The molecular formula is C23H22N4O4.